The van der Waals surface area contributed by atoms with Crippen LogP contribution in [0.2, 0.25) is 0 Å². The van der Waals surface area contributed by atoms with Gasteiger partial charge in [-0.05, 0) is 44.2 Å². The zero-order valence-electron chi connectivity index (χ0n) is 11.2. The molecule has 0 saturated heterocycles. The average molecular weight is 236 g/mol. The van der Waals surface area contributed by atoms with Gasteiger partial charge in [0.1, 0.15) is 5.75 Å². The third-order valence-electron chi connectivity index (χ3n) is 3.04. The number of hydrogen-bond donors (Lipinski definition) is 1. The van der Waals surface area contributed by atoms with Gasteiger partial charge in [0.2, 0.25) is 0 Å². The highest BCUT2D eigenvalue weighted by atomic mass is 16.5. The van der Waals surface area contributed by atoms with Crippen molar-refractivity contribution >= 4 is 0 Å². The minimum absolute atomic E-state index is 0.143. The van der Waals surface area contributed by atoms with Gasteiger partial charge in [0, 0.05) is 0 Å². The Kier molecular flexibility index (Phi) is 6.06. The minimum Gasteiger partial charge on any atom is -0.496 e. The van der Waals surface area contributed by atoms with Crippen molar-refractivity contribution in [1.82, 2.24) is 0 Å². The molecule has 0 aliphatic rings. The molecule has 0 bridgehead atoms. The Labute approximate surface area is 105 Å². The first-order valence-electron chi connectivity index (χ1n) is 6.49. The lowest BCUT2D eigenvalue weighted by atomic mass is 10.0. The monoisotopic (exact) mass is 236 g/mol. The van der Waals surface area contributed by atoms with E-state index in [1.807, 2.05) is 6.07 Å². The van der Waals surface area contributed by atoms with Gasteiger partial charge in [-0.2, -0.15) is 0 Å². The summed E-state index contributed by atoms with van der Waals surface area (Å²) in [6.07, 6.45) is 4.69. The van der Waals surface area contributed by atoms with E-state index < -0.39 is 0 Å². The van der Waals surface area contributed by atoms with Crippen LogP contribution in [0.15, 0.2) is 18.2 Å². The zero-order valence-corrected chi connectivity index (χ0v) is 11.2. The predicted octanol–water partition coefficient (Wildman–Crippen LogP) is 3.49. The standard InChI is InChI=1S/C15H24O2/c1-4-6-14(16)8-5-7-13-11-12(2)9-10-15(13)17-3/h9-11,14,16H,4-8H2,1-3H3. The minimum atomic E-state index is -0.143. The lowest BCUT2D eigenvalue weighted by Gasteiger charge is -2.11. The predicted molar refractivity (Wildman–Crippen MR) is 71.6 cm³/mol. The number of aryl methyl sites for hydroxylation is 2. The molecule has 17 heavy (non-hydrogen) atoms. The van der Waals surface area contributed by atoms with Crippen LogP contribution in [0.5, 0.6) is 5.75 Å². The van der Waals surface area contributed by atoms with Crippen molar-refractivity contribution in [2.45, 2.75) is 52.1 Å². The van der Waals surface area contributed by atoms with Gasteiger partial charge >= 0.3 is 0 Å². The normalized spacial score (nSPS) is 12.5. The lowest BCUT2D eigenvalue weighted by Crippen LogP contribution is -2.06. The fraction of sp³-hybridized carbons (Fsp3) is 0.600. The first kappa shape index (κ1) is 14.0. The second kappa shape index (κ2) is 7.33. The lowest BCUT2D eigenvalue weighted by molar-refractivity contribution is 0.151. The Balaban J connectivity index is 2.48. The van der Waals surface area contributed by atoms with E-state index in [1.54, 1.807) is 7.11 Å². The van der Waals surface area contributed by atoms with Gasteiger partial charge in [-0.1, -0.05) is 31.0 Å². The third-order valence-corrected chi connectivity index (χ3v) is 3.04. The van der Waals surface area contributed by atoms with Crippen molar-refractivity contribution in [1.29, 1.82) is 0 Å². The maximum absolute atomic E-state index is 9.68. The van der Waals surface area contributed by atoms with Gasteiger partial charge in [-0.25, -0.2) is 0 Å². The highest BCUT2D eigenvalue weighted by Gasteiger charge is 2.06. The van der Waals surface area contributed by atoms with Crippen molar-refractivity contribution < 1.29 is 9.84 Å². The van der Waals surface area contributed by atoms with E-state index in [0.717, 1.165) is 37.9 Å². The SMILES string of the molecule is CCCC(O)CCCc1cc(C)ccc1OC. The van der Waals surface area contributed by atoms with Crippen molar-refractivity contribution in [3.8, 4) is 5.75 Å². The van der Waals surface area contributed by atoms with E-state index in [2.05, 4.69) is 26.0 Å². The second-order valence-electron chi connectivity index (χ2n) is 4.65. The molecular formula is C15H24O2. The summed E-state index contributed by atoms with van der Waals surface area (Å²) < 4.78 is 5.34. The molecule has 0 radical (unpaired) electrons. The average Bonchev–Trinajstić information content (AvgIpc) is 2.30. The van der Waals surface area contributed by atoms with Gasteiger partial charge in [0.15, 0.2) is 0 Å². The summed E-state index contributed by atoms with van der Waals surface area (Å²) in [5, 5.41) is 9.68. The number of methoxy groups -OCH3 is 1. The first-order valence-corrected chi connectivity index (χ1v) is 6.49. The molecule has 1 rings (SSSR count). The maximum Gasteiger partial charge on any atom is 0.122 e. The van der Waals surface area contributed by atoms with Crippen LogP contribution in [0.3, 0.4) is 0 Å². The van der Waals surface area contributed by atoms with Crippen LogP contribution < -0.4 is 4.74 Å². The van der Waals surface area contributed by atoms with Gasteiger partial charge < -0.3 is 9.84 Å². The number of benzene rings is 1. The van der Waals surface area contributed by atoms with Gasteiger partial charge in [0.25, 0.3) is 0 Å². The largest absolute Gasteiger partial charge is 0.496 e. The Bertz CT molecular complexity index is 334. The van der Waals surface area contributed by atoms with Gasteiger partial charge in [-0.3, -0.25) is 0 Å². The molecule has 0 amide bonds. The molecule has 2 heteroatoms. The molecule has 1 N–H and O–H groups in total. The van der Waals surface area contributed by atoms with Crippen molar-refractivity contribution in [3.05, 3.63) is 29.3 Å². The molecule has 0 aliphatic heterocycles. The molecule has 2 nitrogen and oxygen atoms in total. The van der Waals surface area contributed by atoms with E-state index in [0.29, 0.717) is 0 Å². The van der Waals surface area contributed by atoms with Crippen molar-refractivity contribution in [3.63, 3.8) is 0 Å². The van der Waals surface area contributed by atoms with Crippen molar-refractivity contribution in [2.75, 3.05) is 7.11 Å². The fourth-order valence-electron chi connectivity index (χ4n) is 2.11. The first-order chi connectivity index (χ1) is 8.17. The molecule has 0 fully saturated rings. The van der Waals surface area contributed by atoms with Crippen LogP contribution in [-0.2, 0) is 6.42 Å². The molecule has 1 aromatic carbocycles. The van der Waals surface area contributed by atoms with Crippen molar-refractivity contribution in [2.24, 2.45) is 0 Å². The number of hydrogen-bond acceptors (Lipinski definition) is 2. The van der Waals surface area contributed by atoms with Crippen LogP contribution in [0.4, 0.5) is 0 Å². The van der Waals surface area contributed by atoms with E-state index in [9.17, 15) is 5.11 Å². The summed E-state index contributed by atoms with van der Waals surface area (Å²) in [6, 6.07) is 6.26. The molecular weight excluding hydrogens is 212 g/mol. The summed E-state index contributed by atoms with van der Waals surface area (Å²) in [5.41, 5.74) is 2.51. The third kappa shape index (κ3) is 4.78. The summed E-state index contributed by atoms with van der Waals surface area (Å²) in [4.78, 5) is 0. The van der Waals surface area contributed by atoms with E-state index in [-0.39, 0.29) is 6.10 Å². The topological polar surface area (TPSA) is 29.5 Å². The summed E-state index contributed by atoms with van der Waals surface area (Å²) in [7, 11) is 1.71. The molecule has 0 spiro atoms. The maximum atomic E-state index is 9.68. The number of aliphatic hydroxyl groups is 1. The van der Waals surface area contributed by atoms with Crippen LogP contribution in [0.1, 0.15) is 43.7 Å². The van der Waals surface area contributed by atoms with Crippen LogP contribution in [0.25, 0.3) is 0 Å². The Morgan fingerprint density at radius 2 is 2.06 bits per heavy atom. The Morgan fingerprint density at radius 1 is 1.29 bits per heavy atom. The number of rotatable bonds is 7. The molecule has 0 heterocycles. The highest BCUT2D eigenvalue weighted by molar-refractivity contribution is 5.36. The van der Waals surface area contributed by atoms with Crippen LogP contribution in [0, 0.1) is 6.92 Å². The molecule has 1 atom stereocenters. The second-order valence-corrected chi connectivity index (χ2v) is 4.65. The molecule has 0 aliphatic carbocycles. The Morgan fingerprint density at radius 3 is 2.71 bits per heavy atom. The Hall–Kier alpha value is -1.02. The van der Waals surface area contributed by atoms with E-state index in [1.165, 1.54) is 11.1 Å². The fourth-order valence-corrected chi connectivity index (χ4v) is 2.11. The van der Waals surface area contributed by atoms with Crippen LogP contribution in [-0.4, -0.2) is 18.3 Å². The highest BCUT2D eigenvalue weighted by Crippen LogP contribution is 2.22. The molecule has 0 saturated carbocycles. The molecule has 0 aromatic heterocycles. The summed E-state index contributed by atoms with van der Waals surface area (Å²) >= 11 is 0. The molecule has 1 aromatic rings. The molecule has 96 valence electrons. The van der Waals surface area contributed by atoms with E-state index >= 15 is 0 Å². The quantitative estimate of drug-likeness (QED) is 0.785. The summed E-state index contributed by atoms with van der Waals surface area (Å²) in [5.74, 6) is 0.959. The molecule has 1 unspecified atom stereocenters. The van der Waals surface area contributed by atoms with Gasteiger partial charge in [0.05, 0.1) is 13.2 Å². The zero-order chi connectivity index (χ0) is 12.7. The summed E-state index contributed by atoms with van der Waals surface area (Å²) in [6.45, 7) is 4.20. The van der Waals surface area contributed by atoms with E-state index in [4.69, 9.17) is 4.74 Å². The number of aliphatic hydroxyl groups excluding tert-OH is 1. The smallest absolute Gasteiger partial charge is 0.122 e. The van der Waals surface area contributed by atoms with Crippen LogP contribution >= 0.6 is 0 Å². The van der Waals surface area contributed by atoms with Gasteiger partial charge in [-0.15, -0.1) is 0 Å². The number of ether oxygens (including phenoxy) is 1.